The van der Waals surface area contributed by atoms with Crippen molar-refractivity contribution in [2.24, 2.45) is 0 Å². The first kappa shape index (κ1) is 26.7. The quantitative estimate of drug-likeness (QED) is 0.198. The molecular formula is C40H35N3. The van der Waals surface area contributed by atoms with Crippen molar-refractivity contribution in [2.45, 2.75) is 32.6 Å². The smallest absolute Gasteiger partial charge is 0.138 e. The van der Waals surface area contributed by atoms with Gasteiger partial charge in [-0.15, -0.1) is 0 Å². The number of benzene rings is 4. The number of para-hydroxylation sites is 1. The maximum absolute atomic E-state index is 5.32. The number of anilines is 2. The summed E-state index contributed by atoms with van der Waals surface area (Å²) in [5, 5.41) is 7.43. The Morgan fingerprint density at radius 2 is 1.65 bits per heavy atom. The van der Waals surface area contributed by atoms with Gasteiger partial charge in [0.2, 0.25) is 0 Å². The fourth-order valence-electron chi connectivity index (χ4n) is 6.30. The molecule has 0 bridgehead atoms. The molecule has 0 fully saturated rings. The molecular weight excluding hydrogens is 522 g/mol. The highest BCUT2D eigenvalue weighted by Crippen LogP contribution is 2.40. The Labute approximate surface area is 253 Å². The molecule has 0 aliphatic heterocycles. The summed E-state index contributed by atoms with van der Waals surface area (Å²) in [5.74, 6) is 1.16. The van der Waals surface area contributed by atoms with Crippen LogP contribution in [0.25, 0.3) is 44.8 Å². The lowest BCUT2D eigenvalue weighted by molar-refractivity contribution is 0.871. The van der Waals surface area contributed by atoms with Crippen LogP contribution in [0.15, 0.2) is 134 Å². The first-order valence-electron chi connectivity index (χ1n) is 15.2. The topological polar surface area (TPSA) is 29.9 Å². The van der Waals surface area contributed by atoms with Gasteiger partial charge in [0.25, 0.3) is 0 Å². The third-order valence-corrected chi connectivity index (χ3v) is 8.39. The molecule has 0 spiro atoms. The summed E-state index contributed by atoms with van der Waals surface area (Å²) in [6.07, 6.45) is 15.2. The van der Waals surface area contributed by atoms with Gasteiger partial charge >= 0.3 is 0 Å². The number of aromatic nitrogens is 2. The van der Waals surface area contributed by atoms with Crippen LogP contribution in [0.5, 0.6) is 0 Å². The van der Waals surface area contributed by atoms with Gasteiger partial charge in [-0.2, -0.15) is 0 Å². The fraction of sp³-hybridized carbons (Fsp3) is 0.125. The molecule has 1 aliphatic carbocycles. The van der Waals surface area contributed by atoms with E-state index in [4.69, 9.17) is 4.98 Å². The van der Waals surface area contributed by atoms with Crippen LogP contribution in [0, 0.1) is 0 Å². The zero-order chi connectivity index (χ0) is 29.2. The number of hydrogen-bond acceptors (Lipinski definition) is 2. The summed E-state index contributed by atoms with van der Waals surface area (Å²) >= 11 is 0. The lowest BCUT2D eigenvalue weighted by Crippen LogP contribution is -2.06. The molecule has 0 amide bonds. The summed E-state index contributed by atoms with van der Waals surface area (Å²) in [7, 11) is 0. The molecule has 3 nitrogen and oxygen atoms in total. The van der Waals surface area contributed by atoms with E-state index in [1.807, 2.05) is 6.92 Å². The van der Waals surface area contributed by atoms with Crippen molar-refractivity contribution < 1.29 is 0 Å². The van der Waals surface area contributed by atoms with Crippen LogP contribution in [-0.4, -0.2) is 9.55 Å². The van der Waals surface area contributed by atoms with Crippen LogP contribution in [0.2, 0.25) is 0 Å². The molecule has 1 atom stereocenters. The van der Waals surface area contributed by atoms with Crippen LogP contribution < -0.4 is 5.32 Å². The van der Waals surface area contributed by atoms with Gasteiger partial charge in [0.05, 0.1) is 11.2 Å². The van der Waals surface area contributed by atoms with Crippen molar-refractivity contribution in [1.82, 2.24) is 9.55 Å². The predicted molar refractivity (Wildman–Crippen MR) is 183 cm³/mol. The fourth-order valence-corrected chi connectivity index (χ4v) is 6.30. The molecule has 3 heteroatoms. The van der Waals surface area contributed by atoms with Crippen LogP contribution in [0.4, 0.5) is 11.4 Å². The summed E-state index contributed by atoms with van der Waals surface area (Å²) in [4.78, 5) is 5.32. The number of pyridine rings is 1. The van der Waals surface area contributed by atoms with E-state index in [0.717, 1.165) is 41.3 Å². The minimum atomic E-state index is 0.206. The van der Waals surface area contributed by atoms with Crippen LogP contribution in [-0.2, 0) is 6.42 Å². The molecule has 0 radical (unpaired) electrons. The minimum Gasteiger partial charge on any atom is -0.355 e. The first-order valence-corrected chi connectivity index (χ1v) is 15.2. The second-order valence-corrected chi connectivity index (χ2v) is 11.2. The van der Waals surface area contributed by atoms with Gasteiger partial charge in [0.15, 0.2) is 0 Å². The summed E-state index contributed by atoms with van der Waals surface area (Å²) in [5.41, 5.74) is 9.41. The molecule has 210 valence electrons. The Kier molecular flexibility index (Phi) is 7.22. The highest BCUT2D eigenvalue weighted by molar-refractivity contribution is 5.98. The van der Waals surface area contributed by atoms with Gasteiger partial charge in [-0.05, 0) is 72.5 Å². The summed E-state index contributed by atoms with van der Waals surface area (Å²) in [6.45, 7) is 4.32. The highest BCUT2D eigenvalue weighted by Gasteiger charge is 2.22. The Morgan fingerprint density at radius 1 is 0.837 bits per heavy atom. The normalized spacial score (nSPS) is 13.7. The molecule has 1 N–H and O–H groups in total. The van der Waals surface area contributed by atoms with E-state index in [2.05, 4.69) is 156 Å². The molecule has 2 heterocycles. The zero-order valence-corrected chi connectivity index (χ0v) is 24.7. The van der Waals surface area contributed by atoms with Crippen molar-refractivity contribution >= 4 is 39.1 Å². The Bertz CT molecular complexity index is 2020. The van der Waals surface area contributed by atoms with Gasteiger partial charge in [-0.25, -0.2) is 4.98 Å². The third-order valence-electron chi connectivity index (χ3n) is 8.39. The predicted octanol–water partition coefficient (Wildman–Crippen LogP) is 10.8. The minimum absolute atomic E-state index is 0.206. The molecule has 43 heavy (non-hydrogen) atoms. The van der Waals surface area contributed by atoms with E-state index in [9.17, 15) is 0 Å². The average Bonchev–Trinajstić information content (AvgIpc) is 3.38. The molecule has 1 unspecified atom stereocenters. The van der Waals surface area contributed by atoms with Crippen LogP contribution in [0.1, 0.15) is 43.0 Å². The standard InChI is InChI=1S/C40H35N3/c1-3-4-6-15-28(2)34-27-39-35(26-37(34)41-30-18-7-5-8-19-30)33-21-11-12-24-38(33)43(39)40-25-14-23-36(42-40)32-22-13-17-29-16-9-10-20-31(29)32/h3-11,13-23,25-28,41H,12,24H2,1-2H3/b4-3-,15-6-. The number of nitrogens with zero attached hydrogens (tertiary/aromatic N) is 2. The number of nitrogens with one attached hydrogen (secondary N) is 1. The Morgan fingerprint density at radius 3 is 2.53 bits per heavy atom. The Balaban J connectivity index is 1.44. The Hall–Kier alpha value is -5.15. The summed E-state index contributed by atoms with van der Waals surface area (Å²) in [6, 6.07) is 36.6. The van der Waals surface area contributed by atoms with E-state index >= 15 is 0 Å². The molecule has 1 aliphatic rings. The number of rotatable bonds is 7. The van der Waals surface area contributed by atoms with Crippen LogP contribution >= 0.6 is 0 Å². The van der Waals surface area contributed by atoms with E-state index < -0.39 is 0 Å². The van der Waals surface area contributed by atoms with Crippen molar-refractivity contribution in [1.29, 1.82) is 0 Å². The summed E-state index contributed by atoms with van der Waals surface area (Å²) < 4.78 is 2.40. The van der Waals surface area contributed by atoms with Gasteiger partial charge in [-0.3, -0.25) is 4.57 Å². The lowest BCUT2D eigenvalue weighted by Gasteiger charge is -2.18. The lowest BCUT2D eigenvalue weighted by atomic mass is 9.95. The molecule has 0 saturated heterocycles. The highest BCUT2D eigenvalue weighted by atomic mass is 15.1. The second kappa shape index (κ2) is 11.6. The largest absolute Gasteiger partial charge is 0.355 e. The number of allylic oxidation sites excluding steroid dienone is 5. The monoisotopic (exact) mass is 557 g/mol. The van der Waals surface area contributed by atoms with Crippen molar-refractivity contribution in [3.63, 3.8) is 0 Å². The van der Waals surface area contributed by atoms with E-state index in [1.54, 1.807) is 0 Å². The van der Waals surface area contributed by atoms with Gasteiger partial charge < -0.3 is 5.32 Å². The van der Waals surface area contributed by atoms with Crippen molar-refractivity contribution in [2.75, 3.05) is 5.32 Å². The first-order chi connectivity index (χ1) is 21.2. The molecule has 0 saturated carbocycles. The third kappa shape index (κ3) is 5.08. The maximum atomic E-state index is 5.32. The zero-order valence-electron chi connectivity index (χ0n) is 24.7. The van der Waals surface area contributed by atoms with E-state index in [-0.39, 0.29) is 5.92 Å². The van der Waals surface area contributed by atoms with E-state index in [1.165, 1.54) is 38.5 Å². The molecule has 6 aromatic rings. The van der Waals surface area contributed by atoms with Gasteiger partial charge in [0.1, 0.15) is 5.82 Å². The maximum Gasteiger partial charge on any atom is 0.138 e. The van der Waals surface area contributed by atoms with Crippen molar-refractivity contribution in [3.05, 3.63) is 150 Å². The SMILES string of the molecule is C/C=C\C=C/C(C)c1cc2c(cc1Nc1ccccc1)c1c(n2-c2cccc(-c3cccc4ccccc34)n2)CCC=C1. The second-order valence-electron chi connectivity index (χ2n) is 11.2. The van der Waals surface area contributed by atoms with E-state index in [0.29, 0.717) is 0 Å². The van der Waals surface area contributed by atoms with Crippen LogP contribution in [0.3, 0.4) is 0 Å². The van der Waals surface area contributed by atoms with Gasteiger partial charge in [-0.1, -0.05) is 110 Å². The molecule has 4 aromatic carbocycles. The number of hydrogen-bond donors (Lipinski definition) is 1. The number of fused-ring (bicyclic) bond motifs is 4. The van der Waals surface area contributed by atoms with Gasteiger partial charge in [0, 0.05) is 39.5 Å². The molecule has 2 aromatic heterocycles. The van der Waals surface area contributed by atoms with Crippen molar-refractivity contribution in [3.8, 4) is 17.1 Å². The molecule has 7 rings (SSSR count). The average molecular weight is 558 g/mol.